The molecule has 1 aliphatic carbocycles. The average Bonchev–Trinajstić information content (AvgIpc) is 2.83. The molecule has 1 aromatic rings. The van der Waals surface area contributed by atoms with E-state index in [1.807, 2.05) is 12.5 Å². The number of aromatic nitrogens is 2. The van der Waals surface area contributed by atoms with Gasteiger partial charge in [-0.3, -0.25) is 0 Å². The minimum atomic E-state index is 0.314. The van der Waals surface area contributed by atoms with Crippen molar-refractivity contribution in [3.8, 4) is 0 Å². The molecule has 88 valence electrons. The van der Waals surface area contributed by atoms with Gasteiger partial charge in [0.1, 0.15) is 0 Å². The molecule has 1 aliphatic heterocycles. The molecular weight excluding hydrogens is 202 g/mol. The molecule has 0 aromatic carbocycles. The lowest BCUT2D eigenvalue weighted by Crippen LogP contribution is -2.22. The monoisotopic (exact) mass is 221 g/mol. The Labute approximate surface area is 96.0 Å². The number of rotatable bonds is 4. The highest BCUT2D eigenvalue weighted by atomic mass is 16.5. The summed E-state index contributed by atoms with van der Waals surface area (Å²) in [5.74, 6) is 0. The number of hydrogen-bond acceptors (Lipinski definition) is 3. The molecule has 4 heteroatoms. The maximum absolute atomic E-state index is 5.61. The maximum Gasteiger partial charge on any atom is 0.0952 e. The number of nitrogens with zero attached hydrogens (tertiary/aromatic N) is 2. The summed E-state index contributed by atoms with van der Waals surface area (Å²) in [5.41, 5.74) is 1.29. The predicted octanol–water partition coefficient (Wildman–Crippen LogP) is 1.49. The van der Waals surface area contributed by atoms with Crippen LogP contribution in [0, 0.1) is 0 Å². The molecule has 1 saturated carbocycles. The molecule has 2 fully saturated rings. The Balaban J connectivity index is 1.70. The zero-order valence-electron chi connectivity index (χ0n) is 9.72. The first-order chi connectivity index (χ1) is 7.84. The van der Waals surface area contributed by atoms with Crippen LogP contribution in [0.3, 0.4) is 0 Å². The summed E-state index contributed by atoms with van der Waals surface area (Å²) in [7, 11) is 0. The summed E-state index contributed by atoms with van der Waals surface area (Å²) < 4.78 is 7.90. The molecule has 1 saturated heterocycles. The largest absolute Gasteiger partial charge is 0.376 e. The molecule has 0 radical (unpaired) electrons. The van der Waals surface area contributed by atoms with E-state index in [9.17, 15) is 0 Å². The molecule has 2 heterocycles. The summed E-state index contributed by atoms with van der Waals surface area (Å²) in [5, 5.41) is 3.54. The Bertz CT molecular complexity index is 359. The van der Waals surface area contributed by atoms with Crippen molar-refractivity contribution >= 4 is 0 Å². The van der Waals surface area contributed by atoms with Crippen LogP contribution < -0.4 is 5.32 Å². The maximum atomic E-state index is 5.61. The van der Waals surface area contributed by atoms with Crippen molar-refractivity contribution in [1.82, 2.24) is 14.9 Å². The van der Waals surface area contributed by atoms with Gasteiger partial charge in [0.25, 0.3) is 0 Å². The van der Waals surface area contributed by atoms with Crippen molar-refractivity contribution in [2.24, 2.45) is 0 Å². The van der Waals surface area contributed by atoms with Crippen LogP contribution in [0.15, 0.2) is 12.5 Å². The van der Waals surface area contributed by atoms with Crippen molar-refractivity contribution in [2.75, 3.05) is 6.61 Å². The van der Waals surface area contributed by atoms with Gasteiger partial charge < -0.3 is 14.6 Å². The number of ether oxygens (including phenoxy) is 1. The Hall–Kier alpha value is -0.870. The molecular formula is C12H19N3O. The standard InChI is InChI=1S/C12H19N3O/c1-9-12(4-5-16-9)15-8-13-6-11(15)7-14-10-2-3-10/h6,8-10,12,14H,2-5,7H2,1H3. The lowest BCUT2D eigenvalue weighted by Gasteiger charge is -2.18. The van der Waals surface area contributed by atoms with Crippen LogP contribution >= 0.6 is 0 Å². The second kappa shape index (κ2) is 4.18. The molecule has 16 heavy (non-hydrogen) atoms. The van der Waals surface area contributed by atoms with Gasteiger partial charge in [0.2, 0.25) is 0 Å². The van der Waals surface area contributed by atoms with Gasteiger partial charge in [-0.05, 0) is 26.2 Å². The molecule has 1 aromatic heterocycles. The summed E-state index contributed by atoms with van der Waals surface area (Å²) in [6, 6.07) is 1.22. The van der Waals surface area contributed by atoms with Crippen LogP contribution in [-0.2, 0) is 11.3 Å². The molecule has 2 aliphatic rings. The molecule has 3 rings (SSSR count). The van der Waals surface area contributed by atoms with Gasteiger partial charge in [-0.25, -0.2) is 4.98 Å². The van der Waals surface area contributed by atoms with Crippen molar-refractivity contribution in [1.29, 1.82) is 0 Å². The zero-order valence-corrected chi connectivity index (χ0v) is 9.72. The molecule has 0 amide bonds. The zero-order chi connectivity index (χ0) is 11.0. The summed E-state index contributed by atoms with van der Waals surface area (Å²) in [6.07, 6.45) is 8.00. The third kappa shape index (κ3) is 1.99. The number of nitrogens with one attached hydrogen (secondary N) is 1. The quantitative estimate of drug-likeness (QED) is 0.837. The fourth-order valence-electron chi connectivity index (χ4n) is 2.39. The average molecular weight is 221 g/mol. The number of hydrogen-bond donors (Lipinski definition) is 1. The van der Waals surface area contributed by atoms with E-state index < -0.39 is 0 Å². The van der Waals surface area contributed by atoms with E-state index in [0.29, 0.717) is 12.1 Å². The van der Waals surface area contributed by atoms with Crippen LogP contribution in [0.4, 0.5) is 0 Å². The van der Waals surface area contributed by atoms with Crippen LogP contribution in [0.25, 0.3) is 0 Å². The third-order valence-electron chi connectivity index (χ3n) is 3.59. The van der Waals surface area contributed by atoms with Gasteiger partial charge in [-0.2, -0.15) is 0 Å². The highest BCUT2D eigenvalue weighted by Gasteiger charge is 2.27. The second-order valence-corrected chi connectivity index (χ2v) is 4.88. The van der Waals surface area contributed by atoms with Gasteiger partial charge >= 0.3 is 0 Å². The Morgan fingerprint density at radius 2 is 2.38 bits per heavy atom. The van der Waals surface area contributed by atoms with Gasteiger partial charge in [0.05, 0.1) is 24.2 Å². The minimum Gasteiger partial charge on any atom is -0.376 e. The highest BCUT2D eigenvalue weighted by molar-refractivity contribution is 5.03. The lowest BCUT2D eigenvalue weighted by atomic mass is 10.1. The van der Waals surface area contributed by atoms with Gasteiger partial charge in [0.15, 0.2) is 0 Å². The first-order valence-corrected chi connectivity index (χ1v) is 6.20. The SMILES string of the molecule is CC1OCCC1n1cncc1CNC1CC1. The van der Waals surface area contributed by atoms with Crippen LogP contribution in [0.2, 0.25) is 0 Å². The van der Waals surface area contributed by atoms with Crippen molar-refractivity contribution in [3.05, 3.63) is 18.2 Å². The van der Waals surface area contributed by atoms with E-state index in [4.69, 9.17) is 4.74 Å². The summed E-state index contributed by atoms with van der Waals surface area (Å²) in [4.78, 5) is 4.27. The van der Waals surface area contributed by atoms with Crippen LogP contribution in [-0.4, -0.2) is 28.3 Å². The van der Waals surface area contributed by atoms with Gasteiger partial charge in [0, 0.05) is 25.4 Å². The summed E-state index contributed by atoms with van der Waals surface area (Å²) >= 11 is 0. The molecule has 4 nitrogen and oxygen atoms in total. The van der Waals surface area contributed by atoms with E-state index in [2.05, 4.69) is 21.8 Å². The first-order valence-electron chi connectivity index (χ1n) is 6.20. The second-order valence-electron chi connectivity index (χ2n) is 4.88. The molecule has 1 N–H and O–H groups in total. The Morgan fingerprint density at radius 3 is 3.06 bits per heavy atom. The molecule has 0 bridgehead atoms. The topological polar surface area (TPSA) is 39.1 Å². The van der Waals surface area contributed by atoms with Crippen molar-refractivity contribution in [2.45, 2.75) is 50.9 Å². The highest BCUT2D eigenvalue weighted by Crippen LogP contribution is 2.27. The van der Waals surface area contributed by atoms with E-state index >= 15 is 0 Å². The van der Waals surface area contributed by atoms with E-state index in [1.165, 1.54) is 18.5 Å². The lowest BCUT2D eigenvalue weighted by molar-refractivity contribution is 0.107. The van der Waals surface area contributed by atoms with Crippen molar-refractivity contribution in [3.63, 3.8) is 0 Å². The van der Waals surface area contributed by atoms with Crippen LogP contribution in [0.5, 0.6) is 0 Å². The van der Waals surface area contributed by atoms with Gasteiger partial charge in [-0.15, -0.1) is 0 Å². The third-order valence-corrected chi connectivity index (χ3v) is 3.59. The Morgan fingerprint density at radius 1 is 1.50 bits per heavy atom. The fourth-order valence-corrected chi connectivity index (χ4v) is 2.39. The smallest absolute Gasteiger partial charge is 0.0952 e. The predicted molar refractivity (Wildman–Crippen MR) is 61.2 cm³/mol. The van der Waals surface area contributed by atoms with Gasteiger partial charge in [-0.1, -0.05) is 0 Å². The van der Waals surface area contributed by atoms with Crippen LogP contribution in [0.1, 0.15) is 37.9 Å². The van der Waals surface area contributed by atoms with E-state index in [-0.39, 0.29) is 0 Å². The normalized spacial score (nSPS) is 29.8. The molecule has 2 atom stereocenters. The first kappa shape index (κ1) is 10.3. The Kier molecular flexibility index (Phi) is 2.69. The van der Waals surface area contributed by atoms with E-state index in [1.54, 1.807) is 0 Å². The van der Waals surface area contributed by atoms with Crippen molar-refractivity contribution < 1.29 is 4.74 Å². The molecule has 0 spiro atoms. The molecule has 2 unspecified atom stereocenters. The van der Waals surface area contributed by atoms with E-state index in [0.717, 1.165) is 25.6 Å². The number of imidazole rings is 1. The minimum absolute atomic E-state index is 0.314. The summed E-state index contributed by atoms with van der Waals surface area (Å²) in [6.45, 7) is 3.96. The fraction of sp³-hybridized carbons (Fsp3) is 0.750.